The van der Waals surface area contributed by atoms with Crippen LogP contribution < -0.4 is 5.73 Å². The molecule has 1 rings (SSSR count). The standard InChI is InChI=1S/C9H11ClFNO/c1-5(13)9(12)7-3-2-6(11)4-8(7)10/h2-5,9,13H,12H2,1H3/t5?,9-/m1/s1. The molecular weight excluding hydrogens is 193 g/mol. The first-order valence-corrected chi connectivity index (χ1v) is 4.28. The van der Waals surface area contributed by atoms with Gasteiger partial charge in [-0.05, 0) is 24.6 Å². The zero-order valence-electron chi connectivity index (χ0n) is 7.17. The first kappa shape index (κ1) is 10.4. The highest BCUT2D eigenvalue weighted by Crippen LogP contribution is 2.24. The fourth-order valence-electron chi connectivity index (χ4n) is 1.03. The first-order valence-electron chi connectivity index (χ1n) is 3.91. The van der Waals surface area contributed by atoms with Crippen molar-refractivity contribution in [1.29, 1.82) is 0 Å². The number of halogens is 2. The Hall–Kier alpha value is -0.640. The molecule has 4 heteroatoms. The van der Waals surface area contributed by atoms with Gasteiger partial charge in [0.15, 0.2) is 0 Å². The predicted molar refractivity (Wildman–Crippen MR) is 50.0 cm³/mol. The van der Waals surface area contributed by atoms with Crippen LogP contribution in [-0.2, 0) is 0 Å². The number of hydrogen-bond acceptors (Lipinski definition) is 2. The van der Waals surface area contributed by atoms with E-state index in [4.69, 9.17) is 17.3 Å². The molecule has 13 heavy (non-hydrogen) atoms. The fourth-order valence-corrected chi connectivity index (χ4v) is 1.32. The third-order valence-corrected chi connectivity index (χ3v) is 2.17. The van der Waals surface area contributed by atoms with Crippen LogP contribution in [-0.4, -0.2) is 11.2 Å². The molecule has 1 aromatic rings. The van der Waals surface area contributed by atoms with Crippen LogP contribution in [0.1, 0.15) is 18.5 Å². The second-order valence-electron chi connectivity index (χ2n) is 2.93. The van der Waals surface area contributed by atoms with Crippen LogP contribution in [0.2, 0.25) is 5.02 Å². The highest BCUT2D eigenvalue weighted by atomic mass is 35.5. The average molecular weight is 204 g/mol. The summed E-state index contributed by atoms with van der Waals surface area (Å²) in [7, 11) is 0. The molecule has 0 heterocycles. The molecular formula is C9H11ClFNO. The van der Waals surface area contributed by atoms with Crippen LogP contribution >= 0.6 is 11.6 Å². The lowest BCUT2D eigenvalue weighted by Crippen LogP contribution is -2.23. The van der Waals surface area contributed by atoms with E-state index in [1.165, 1.54) is 18.2 Å². The van der Waals surface area contributed by atoms with E-state index in [0.29, 0.717) is 5.56 Å². The second kappa shape index (κ2) is 4.05. The Labute approximate surface area is 81.1 Å². The lowest BCUT2D eigenvalue weighted by Gasteiger charge is -2.16. The number of rotatable bonds is 2. The van der Waals surface area contributed by atoms with Crippen LogP contribution in [0.5, 0.6) is 0 Å². The van der Waals surface area contributed by atoms with Crippen molar-refractivity contribution in [2.75, 3.05) is 0 Å². The molecule has 72 valence electrons. The van der Waals surface area contributed by atoms with E-state index in [-0.39, 0.29) is 5.02 Å². The van der Waals surface area contributed by atoms with E-state index in [1.54, 1.807) is 6.92 Å². The van der Waals surface area contributed by atoms with E-state index >= 15 is 0 Å². The molecule has 0 spiro atoms. The molecule has 0 saturated carbocycles. The minimum atomic E-state index is -0.706. The molecule has 0 aliphatic rings. The van der Waals surface area contributed by atoms with Crippen molar-refractivity contribution in [2.24, 2.45) is 5.73 Å². The molecule has 0 amide bonds. The summed E-state index contributed by atoms with van der Waals surface area (Å²) in [5, 5.41) is 9.43. The maximum atomic E-state index is 12.6. The fraction of sp³-hybridized carbons (Fsp3) is 0.333. The van der Waals surface area contributed by atoms with Crippen LogP contribution in [0, 0.1) is 5.82 Å². The van der Waals surface area contributed by atoms with Crippen molar-refractivity contribution >= 4 is 11.6 Å². The van der Waals surface area contributed by atoms with Crippen LogP contribution in [0.15, 0.2) is 18.2 Å². The van der Waals surface area contributed by atoms with Crippen LogP contribution in [0.4, 0.5) is 4.39 Å². The summed E-state index contributed by atoms with van der Waals surface area (Å²) in [5.74, 6) is -0.411. The van der Waals surface area contributed by atoms with Crippen LogP contribution in [0.3, 0.4) is 0 Å². The molecule has 0 aromatic heterocycles. The number of nitrogens with two attached hydrogens (primary N) is 1. The van der Waals surface area contributed by atoms with Gasteiger partial charge in [0.1, 0.15) is 5.82 Å². The quantitative estimate of drug-likeness (QED) is 0.771. The third-order valence-electron chi connectivity index (χ3n) is 1.84. The van der Waals surface area contributed by atoms with Crippen molar-refractivity contribution in [1.82, 2.24) is 0 Å². The van der Waals surface area contributed by atoms with Gasteiger partial charge in [-0.25, -0.2) is 4.39 Å². The van der Waals surface area contributed by atoms with E-state index in [2.05, 4.69) is 0 Å². The third kappa shape index (κ3) is 2.40. The Kier molecular flexibility index (Phi) is 3.25. The molecule has 0 radical (unpaired) electrons. The van der Waals surface area contributed by atoms with Crippen molar-refractivity contribution < 1.29 is 9.50 Å². The minimum absolute atomic E-state index is 0.244. The largest absolute Gasteiger partial charge is 0.391 e. The monoisotopic (exact) mass is 203 g/mol. The van der Waals surface area contributed by atoms with E-state index in [0.717, 1.165) is 0 Å². The number of aliphatic hydroxyl groups excluding tert-OH is 1. The summed E-state index contributed by atoms with van der Waals surface area (Å²) in [5.41, 5.74) is 6.19. The lowest BCUT2D eigenvalue weighted by atomic mass is 10.0. The topological polar surface area (TPSA) is 46.2 Å². The van der Waals surface area contributed by atoms with Crippen molar-refractivity contribution in [2.45, 2.75) is 19.1 Å². The Morgan fingerprint density at radius 3 is 2.62 bits per heavy atom. The van der Waals surface area contributed by atoms with Gasteiger partial charge in [0.2, 0.25) is 0 Å². The van der Waals surface area contributed by atoms with E-state index in [1.807, 2.05) is 0 Å². The van der Waals surface area contributed by atoms with Gasteiger partial charge >= 0.3 is 0 Å². The van der Waals surface area contributed by atoms with Crippen molar-refractivity contribution in [3.63, 3.8) is 0 Å². The molecule has 3 N–H and O–H groups in total. The maximum absolute atomic E-state index is 12.6. The van der Waals surface area contributed by atoms with Gasteiger partial charge in [0, 0.05) is 5.02 Å². The Morgan fingerprint density at radius 1 is 1.54 bits per heavy atom. The average Bonchev–Trinajstić information content (AvgIpc) is 2.03. The van der Waals surface area contributed by atoms with E-state index in [9.17, 15) is 9.50 Å². The van der Waals surface area contributed by atoms with Crippen molar-refractivity contribution in [3.8, 4) is 0 Å². The molecule has 2 nitrogen and oxygen atoms in total. The summed E-state index contributed by atoms with van der Waals surface area (Å²) in [6, 6.07) is 3.35. The molecule has 1 aromatic carbocycles. The molecule has 0 aliphatic carbocycles. The van der Waals surface area contributed by atoms with E-state index < -0.39 is 18.0 Å². The smallest absolute Gasteiger partial charge is 0.124 e. The minimum Gasteiger partial charge on any atom is -0.391 e. The highest BCUT2D eigenvalue weighted by Gasteiger charge is 2.15. The number of aliphatic hydroxyl groups is 1. The summed E-state index contributed by atoms with van der Waals surface area (Å²) >= 11 is 5.74. The van der Waals surface area contributed by atoms with Gasteiger partial charge < -0.3 is 10.8 Å². The molecule has 0 bridgehead atoms. The second-order valence-corrected chi connectivity index (χ2v) is 3.34. The highest BCUT2D eigenvalue weighted by molar-refractivity contribution is 6.31. The molecule has 2 atom stereocenters. The molecule has 1 unspecified atom stereocenters. The Bertz CT molecular complexity index is 304. The van der Waals surface area contributed by atoms with Gasteiger partial charge in [0.05, 0.1) is 12.1 Å². The molecule has 0 fully saturated rings. The normalized spacial score (nSPS) is 15.5. The first-order chi connectivity index (χ1) is 6.02. The summed E-state index contributed by atoms with van der Waals surface area (Å²) in [6.07, 6.45) is -0.706. The SMILES string of the molecule is CC(O)[C@@H](N)c1ccc(F)cc1Cl. The summed E-state index contributed by atoms with van der Waals surface area (Å²) in [4.78, 5) is 0. The van der Waals surface area contributed by atoms with Gasteiger partial charge in [-0.3, -0.25) is 0 Å². The predicted octanol–water partition coefficient (Wildman–Crippen LogP) is 1.86. The van der Waals surface area contributed by atoms with Gasteiger partial charge in [0.25, 0.3) is 0 Å². The van der Waals surface area contributed by atoms with Gasteiger partial charge in [-0.2, -0.15) is 0 Å². The maximum Gasteiger partial charge on any atom is 0.124 e. The van der Waals surface area contributed by atoms with Crippen molar-refractivity contribution in [3.05, 3.63) is 34.6 Å². The number of benzene rings is 1. The molecule has 0 aliphatic heterocycles. The Morgan fingerprint density at radius 2 is 2.15 bits per heavy atom. The zero-order chi connectivity index (χ0) is 10.0. The zero-order valence-corrected chi connectivity index (χ0v) is 7.92. The lowest BCUT2D eigenvalue weighted by molar-refractivity contribution is 0.164. The summed E-state index contributed by atoms with van der Waals surface area (Å²) < 4.78 is 12.6. The summed E-state index contributed by atoms with van der Waals surface area (Å²) in [6.45, 7) is 1.56. The van der Waals surface area contributed by atoms with Crippen LogP contribution in [0.25, 0.3) is 0 Å². The molecule has 0 saturated heterocycles. The van der Waals surface area contributed by atoms with Gasteiger partial charge in [-0.15, -0.1) is 0 Å². The number of hydrogen-bond donors (Lipinski definition) is 2. The van der Waals surface area contributed by atoms with Gasteiger partial charge in [-0.1, -0.05) is 17.7 Å². The Balaban J connectivity index is 3.01.